The SMILES string of the molecule is Cc1ccc(S(=O)(=O)[NH2+][C@@H](Cc2ccccc2)C(=O)C(C)C)cc1. The highest BCUT2D eigenvalue weighted by Crippen LogP contribution is 2.10. The van der Waals surface area contributed by atoms with Crippen LogP contribution in [0.5, 0.6) is 0 Å². The molecule has 0 radical (unpaired) electrons. The van der Waals surface area contributed by atoms with Crippen LogP contribution in [-0.4, -0.2) is 20.2 Å². The lowest BCUT2D eigenvalue weighted by atomic mass is 9.97. The molecule has 1 atom stereocenters. The van der Waals surface area contributed by atoms with Gasteiger partial charge in [0.05, 0.1) is 0 Å². The number of hydrogen-bond donors (Lipinski definition) is 1. The molecule has 2 aromatic carbocycles. The van der Waals surface area contributed by atoms with Crippen LogP contribution in [0, 0.1) is 12.8 Å². The summed E-state index contributed by atoms with van der Waals surface area (Å²) in [6.07, 6.45) is 0.392. The van der Waals surface area contributed by atoms with Crippen molar-refractivity contribution in [3.8, 4) is 0 Å². The van der Waals surface area contributed by atoms with E-state index in [-0.39, 0.29) is 16.6 Å². The Balaban J connectivity index is 2.27. The minimum Gasteiger partial charge on any atom is -0.293 e. The fourth-order valence-electron chi connectivity index (χ4n) is 2.53. The highest BCUT2D eigenvalue weighted by atomic mass is 32.2. The summed E-state index contributed by atoms with van der Waals surface area (Å²) < 4.78 is 26.5. The van der Waals surface area contributed by atoms with E-state index in [0.29, 0.717) is 6.42 Å². The van der Waals surface area contributed by atoms with Crippen LogP contribution < -0.4 is 4.72 Å². The number of primary sulfonamides is 1. The molecule has 0 aliphatic carbocycles. The Hall–Kier alpha value is -1.98. The lowest BCUT2D eigenvalue weighted by Crippen LogP contribution is -2.95. The largest absolute Gasteiger partial charge is 0.324 e. The van der Waals surface area contributed by atoms with Crippen molar-refractivity contribution in [2.24, 2.45) is 5.92 Å². The maximum Gasteiger partial charge on any atom is 0.324 e. The first-order valence-electron chi connectivity index (χ1n) is 8.04. The van der Waals surface area contributed by atoms with Crippen LogP contribution in [0.25, 0.3) is 0 Å². The van der Waals surface area contributed by atoms with Gasteiger partial charge in [-0.05, 0) is 24.6 Å². The van der Waals surface area contributed by atoms with Crippen molar-refractivity contribution in [3.05, 3.63) is 65.7 Å². The highest BCUT2D eigenvalue weighted by molar-refractivity contribution is 7.84. The van der Waals surface area contributed by atoms with Crippen molar-refractivity contribution in [3.63, 3.8) is 0 Å². The first kappa shape index (κ1) is 18.4. The van der Waals surface area contributed by atoms with E-state index in [9.17, 15) is 13.2 Å². The lowest BCUT2D eigenvalue weighted by Gasteiger charge is -2.16. The molecule has 5 heteroatoms. The van der Waals surface area contributed by atoms with E-state index in [1.165, 1.54) is 4.72 Å². The Labute approximate surface area is 144 Å². The predicted molar refractivity (Wildman–Crippen MR) is 94.1 cm³/mol. The number of aryl methyl sites for hydroxylation is 1. The third-order valence-electron chi connectivity index (χ3n) is 3.93. The van der Waals surface area contributed by atoms with Gasteiger partial charge in [-0.15, -0.1) is 0 Å². The third-order valence-corrected chi connectivity index (χ3v) is 5.54. The molecule has 0 bridgehead atoms. The molecule has 2 N–H and O–H groups in total. The summed E-state index contributed by atoms with van der Waals surface area (Å²) in [4.78, 5) is 12.7. The molecule has 4 nitrogen and oxygen atoms in total. The van der Waals surface area contributed by atoms with Crippen LogP contribution in [0.1, 0.15) is 25.0 Å². The second-order valence-electron chi connectivity index (χ2n) is 6.35. The van der Waals surface area contributed by atoms with Crippen molar-refractivity contribution in [2.45, 2.75) is 38.1 Å². The number of hydrogen-bond acceptors (Lipinski definition) is 3. The van der Waals surface area contributed by atoms with Gasteiger partial charge in [-0.2, -0.15) is 8.42 Å². The van der Waals surface area contributed by atoms with E-state index in [0.717, 1.165) is 11.1 Å². The molecule has 24 heavy (non-hydrogen) atoms. The van der Waals surface area contributed by atoms with E-state index in [1.54, 1.807) is 38.1 Å². The molecule has 128 valence electrons. The summed E-state index contributed by atoms with van der Waals surface area (Å²) in [5.74, 6) is -0.280. The summed E-state index contributed by atoms with van der Waals surface area (Å²) in [7, 11) is -3.62. The number of quaternary nitrogens is 1. The number of ketones is 1. The minimum absolute atomic E-state index is 0.0606. The molecule has 0 saturated heterocycles. The zero-order valence-electron chi connectivity index (χ0n) is 14.3. The molecule has 0 aromatic heterocycles. The maximum atomic E-state index is 12.7. The van der Waals surface area contributed by atoms with Crippen LogP contribution in [0.2, 0.25) is 0 Å². The van der Waals surface area contributed by atoms with Gasteiger partial charge in [0.15, 0.2) is 11.8 Å². The van der Waals surface area contributed by atoms with Crippen molar-refractivity contribution >= 4 is 15.8 Å². The van der Waals surface area contributed by atoms with E-state index >= 15 is 0 Å². The van der Waals surface area contributed by atoms with Crippen LogP contribution >= 0.6 is 0 Å². The molecule has 0 fully saturated rings. The van der Waals surface area contributed by atoms with Gasteiger partial charge in [-0.25, -0.2) is 4.72 Å². The van der Waals surface area contributed by atoms with Gasteiger partial charge in [0.2, 0.25) is 0 Å². The second kappa shape index (κ2) is 7.73. The normalized spacial score (nSPS) is 13.0. The quantitative estimate of drug-likeness (QED) is 0.835. The van der Waals surface area contributed by atoms with E-state index in [1.807, 2.05) is 37.3 Å². The van der Waals surface area contributed by atoms with Crippen molar-refractivity contribution in [1.82, 2.24) is 0 Å². The molecule has 0 aliphatic heterocycles. The third kappa shape index (κ3) is 4.76. The molecule has 0 amide bonds. The molecule has 0 saturated carbocycles. The van der Waals surface area contributed by atoms with Crippen molar-refractivity contribution in [2.75, 3.05) is 0 Å². The summed E-state index contributed by atoms with van der Waals surface area (Å²) in [6, 6.07) is 15.5. The van der Waals surface area contributed by atoms with Gasteiger partial charge in [0.25, 0.3) is 0 Å². The average Bonchev–Trinajstić information content (AvgIpc) is 2.54. The maximum absolute atomic E-state index is 12.7. The molecule has 0 aliphatic rings. The Morgan fingerprint density at radius 3 is 2.12 bits per heavy atom. The zero-order chi connectivity index (χ0) is 17.7. The summed E-state index contributed by atoms with van der Waals surface area (Å²) in [5.41, 5.74) is 1.94. The summed E-state index contributed by atoms with van der Waals surface area (Å²) in [6.45, 7) is 5.50. The Morgan fingerprint density at radius 1 is 1.00 bits per heavy atom. The number of carbonyl (C=O) groups excluding carboxylic acids is 1. The smallest absolute Gasteiger partial charge is 0.293 e. The number of sulfonamides is 1. The first-order chi connectivity index (χ1) is 11.3. The second-order valence-corrected chi connectivity index (χ2v) is 8.18. The predicted octanol–water partition coefficient (Wildman–Crippen LogP) is 2.08. The molecule has 0 unspecified atom stereocenters. The molecular formula is C19H24NO3S+. The van der Waals surface area contributed by atoms with Crippen LogP contribution in [-0.2, 0) is 21.2 Å². The Bertz CT molecular complexity index is 781. The standard InChI is InChI=1S/C19H23NO3S/c1-14(2)19(21)18(13-16-7-5-4-6-8-16)20-24(22,23)17-11-9-15(3)10-12-17/h4-12,14,18,20H,13H2,1-3H3/p+1/t18-/m0/s1. The van der Waals surface area contributed by atoms with Gasteiger partial charge in [0.1, 0.15) is 4.90 Å². The Kier molecular flexibility index (Phi) is 5.91. The van der Waals surface area contributed by atoms with Gasteiger partial charge < -0.3 is 0 Å². The molecule has 0 heterocycles. The van der Waals surface area contributed by atoms with Gasteiger partial charge in [0, 0.05) is 12.3 Å². The van der Waals surface area contributed by atoms with Crippen LogP contribution in [0.3, 0.4) is 0 Å². The molecule has 2 rings (SSSR count). The molecular weight excluding hydrogens is 322 g/mol. The van der Waals surface area contributed by atoms with E-state index in [2.05, 4.69) is 0 Å². The van der Waals surface area contributed by atoms with Gasteiger partial charge in [-0.1, -0.05) is 61.9 Å². The van der Waals surface area contributed by atoms with Crippen molar-refractivity contribution in [1.29, 1.82) is 0 Å². The number of nitrogens with two attached hydrogens (primary N) is 1. The fraction of sp³-hybridized carbons (Fsp3) is 0.316. The van der Waals surface area contributed by atoms with Crippen LogP contribution in [0.4, 0.5) is 0 Å². The monoisotopic (exact) mass is 346 g/mol. The minimum atomic E-state index is -3.62. The fourth-order valence-corrected chi connectivity index (χ4v) is 3.87. The topological polar surface area (TPSA) is 67.8 Å². The van der Waals surface area contributed by atoms with Gasteiger partial charge >= 0.3 is 10.0 Å². The first-order valence-corrected chi connectivity index (χ1v) is 9.58. The average molecular weight is 346 g/mol. The van der Waals surface area contributed by atoms with Crippen LogP contribution in [0.15, 0.2) is 59.5 Å². The lowest BCUT2D eigenvalue weighted by molar-refractivity contribution is -0.525. The number of carbonyl (C=O) groups is 1. The highest BCUT2D eigenvalue weighted by Gasteiger charge is 2.31. The van der Waals surface area contributed by atoms with Crippen molar-refractivity contribution < 1.29 is 17.9 Å². The molecule has 2 aromatic rings. The summed E-state index contributed by atoms with van der Waals surface area (Å²) >= 11 is 0. The summed E-state index contributed by atoms with van der Waals surface area (Å²) in [5, 5.41) is 0. The zero-order valence-corrected chi connectivity index (χ0v) is 15.1. The number of benzene rings is 2. The molecule has 0 spiro atoms. The Morgan fingerprint density at radius 2 is 1.58 bits per heavy atom. The number of Topliss-reactive ketones (excluding diaryl/α,β-unsaturated/α-hetero) is 1. The van der Waals surface area contributed by atoms with E-state index < -0.39 is 16.1 Å². The number of rotatable bonds is 7. The van der Waals surface area contributed by atoms with Gasteiger partial charge in [-0.3, -0.25) is 4.79 Å². The van der Waals surface area contributed by atoms with E-state index in [4.69, 9.17) is 0 Å².